The minimum atomic E-state index is -1.15. The number of nitrogens with one attached hydrogen (secondary N) is 2. The minimum absolute atomic E-state index is 0.00690. The van der Waals surface area contributed by atoms with Gasteiger partial charge in [-0.25, -0.2) is 4.79 Å². The first kappa shape index (κ1) is 25.7. The first-order valence-electron chi connectivity index (χ1n) is 11.7. The maximum Gasteiger partial charge on any atom is 0.338 e. The molecule has 0 saturated carbocycles. The quantitative estimate of drug-likeness (QED) is 0.504. The molecular weight excluding hydrogens is 446 g/mol. The van der Waals surface area contributed by atoms with Crippen LogP contribution in [0.15, 0.2) is 54.6 Å². The molecule has 3 amide bonds. The zero-order valence-corrected chi connectivity index (χ0v) is 20.2. The van der Waals surface area contributed by atoms with Gasteiger partial charge >= 0.3 is 5.97 Å². The predicted octanol–water partition coefficient (Wildman–Crippen LogP) is 3.48. The highest BCUT2D eigenvalue weighted by atomic mass is 16.4. The van der Waals surface area contributed by atoms with Crippen molar-refractivity contribution < 1.29 is 24.3 Å². The Balaban J connectivity index is 1.70. The molecule has 2 aromatic carbocycles. The summed E-state index contributed by atoms with van der Waals surface area (Å²) >= 11 is 0. The zero-order chi connectivity index (χ0) is 25.5. The molecule has 8 heteroatoms. The van der Waals surface area contributed by atoms with E-state index in [1.165, 1.54) is 17.0 Å². The van der Waals surface area contributed by atoms with E-state index in [-0.39, 0.29) is 23.1 Å². The number of hydrogen-bond acceptors (Lipinski definition) is 4. The molecular formula is C27H31N3O5. The highest BCUT2D eigenvalue weighted by molar-refractivity contribution is 6.04. The topological polar surface area (TPSA) is 116 Å². The highest BCUT2D eigenvalue weighted by Gasteiger charge is 2.36. The van der Waals surface area contributed by atoms with Crippen LogP contribution in [0, 0.1) is 12.8 Å². The van der Waals surface area contributed by atoms with Gasteiger partial charge in [-0.2, -0.15) is 0 Å². The average Bonchev–Trinajstić information content (AvgIpc) is 3.31. The fraction of sp³-hybridized carbons (Fsp3) is 0.333. The van der Waals surface area contributed by atoms with E-state index < -0.39 is 29.9 Å². The van der Waals surface area contributed by atoms with Crippen molar-refractivity contribution in [1.82, 2.24) is 10.2 Å². The van der Waals surface area contributed by atoms with Gasteiger partial charge in [-0.1, -0.05) is 56.3 Å². The van der Waals surface area contributed by atoms with Crippen molar-refractivity contribution in [1.29, 1.82) is 0 Å². The number of aromatic carboxylic acids is 1. The van der Waals surface area contributed by atoms with Crippen LogP contribution >= 0.6 is 0 Å². The van der Waals surface area contributed by atoms with Crippen LogP contribution in [0.2, 0.25) is 0 Å². The van der Waals surface area contributed by atoms with Gasteiger partial charge in [-0.15, -0.1) is 0 Å². The summed E-state index contributed by atoms with van der Waals surface area (Å²) in [5.41, 5.74) is 1.58. The number of anilines is 1. The number of carboxylic acids is 1. The van der Waals surface area contributed by atoms with Crippen LogP contribution in [0.25, 0.3) is 6.08 Å². The lowest BCUT2D eigenvalue weighted by atomic mass is 10.0. The second-order valence-corrected chi connectivity index (χ2v) is 8.96. The fourth-order valence-corrected chi connectivity index (χ4v) is 4.18. The van der Waals surface area contributed by atoms with Gasteiger partial charge in [0.05, 0.1) is 11.3 Å². The smallest absolute Gasteiger partial charge is 0.338 e. The van der Waals surface area contributed by atoms with Crippen LogP contribution in [0.3, 0.4) is 0 Å². The van der Waals surface area contributed by atoms with Crippen molar-refractivity contribution in [3.05, 3.63) is 71.3 Å². The number of likely N-dealkylation sites (tertiary alicyclic amines) is 1. The lowest BCUT2D eigenvalue weighted by Gasteiger charge is -2.27. The van der Waals surface area contributed by atoms with Crippen molar-refractivity contribution >= 4 is 35.5 Å². The van der Waals surface area contributed by atoms with Gasteiger partial charge in [0.15, 0.2) is 0 Å². The Kier molecular flexibility index (Phi) is 8.41. The first-order chi connectivity index (χ1) is 16.7. The Bertz CT molecular complexity index is 1130. The second kappa shape index (κ2) is 11.5. The predicted molar refractivity (Wildman–Crippen MR) is 134 cm³/mol. The van der Waals surface area contributed by atoms with Crippen LogP contribution in [-0.2, 0) is 14.4 Å². The number of nitrogens with zero attached hydrogens (tertiary/aromatic N) is 1. The Morgan fingerprint density at radius 1 is 1.06 bits per heavy atom. The van der Waals surface area contributed by atoms with E-state index in [4.69, 9.17) is 0 Å². The third-order valence-electron chi connectivity index (χ3n) is 6.05. The van der Waals surface area contributed by atoms with Crippen LogP contribution < -0.4 is 10.6 Å². The highest BCUT2D eigenvalue weighted by Crippen LogP contribution is 2.22. The van der Waals surface area contributed by atoms with Crippen LogP contribution in [-0.4, -0.2) is 52.3 Å². The van der Waals surface area contributed by atoms with Gasteiger partial charge in [0, 0.05) is 12.6 Å². The average molecular weight is 478 g/mol. The second-order valence-electron chi connectivity index (χ2n) is 8.96. The molecule has 1 saturated heterocycles. The number of carbonyl (C=O) groups excluding carboxylic acids is 3. The summed E-state index contributed by atoms with van der Waals surface area (Å²) in [6.45, 7) is 5.69. The number of aryl methyl sites for hydroxylation is 1. The molecule has 0 radical (unpaired) electrons. The summed E-state index contributed by atoms with van der Waals surface area (Å²) in [7, 11) is 0. The summed E-state index contributed by atoms with van der Waals surface area (Å²) in [4.78, 5) is 52.2. The molecule has 0 aliphatic carbocycles. The van der Waals surface area contributed by atoms with Crippen molar-refractivity contribution in [2.75, 3.05) is 11.9 Å². The third kappa shape index (κ3) is 6.35. The van der Waals surface area contributed by atoms with E-state index in [2.05, 4.69) is 10.6 Å². The molecule has 1 heterocycles. The number of rotatable bonds is 8. The first-order valence-corrected chi connectivity index (χ1v) is 11.7. The van der Waals surface area contributed by atoms with E-state index in [0.717, 1.165) is 5.56 Å². The van der Waals surface area contributed by atoms with Crippen LogP contribution in [0.5, 0.6) is 0 Å². The lowest BCUT2D eigenvalue weighted by molar-refractivity contribution is -0.136. The lowest BCUT2D eigenvalue weighted by Crippen LogP contribution is -2.53. The minimum Gasteiger partial charge on any atom is -0.478 e. The van der Waals surface area contributed by atoms with Crippen molar-refractivity contribution in [3.8, 4) is 0 Å². The maximum absolute atomic E-state index is 13.1. The monoisotopic (exact) mass is 477 g/mol. The Morgan fingerprint density at radius 2 is 1.77 bits per heavy atom. The molecule has 184 valence electrons. The molecule has 35 heavy (non-hydrogen) atoms. The number of carboxylic acid groups (broad SMARTS) is 1. The van der Waals surface area contributed by atoms with Gasteiger partial charge in [0.2, 0.25) is 17.7 Å². The maximum atomic E-state index is 13.1. The molecule has 0 bridgehead atoms. The van der Waals surface area contributed by atoms with Gasteiger partial charge in [-0.3, -0.25) is 14.4 Å². The van der Waals surface area contributed by atoms with E-state index in [0.29, 0.717) is 24.9 Å². The molecule has 2 aromatic rings. The molecule has 0 unspecified atom stereocenters. The Morgan fingerprint density at radius 3 is 2.43 bits per heavy atom. The largest absolute Gasteiger partial charge is 0.478 e. The molecule has 8 nitrogen and oxygen atoms in total. The summed E-state index contributed by atoms with van der Waals surface area (Å²) in [5, 5.41) is 15.0. The summed E-state index contributed by atoms with van der Waals surface area (Å²) in [5.74, 6) is -2.59. The van der Waals surface area contributed by atoms with E-state index in [1.54, 1.807) is 39.0 Å². The van der Waals surface area contributed by atoms with Crippen LogP contribution in [0.4, 0.5) is 5.69 Å². The fourth-order valence-electron chi connectivity index (χ4n) is 4.18. The van der Waals surface area contributed by atoms with E-state index >= 15 is 0 Å². The molecule has 1 aliphatic heterocycles. The van der Waals surface area contributed by atoms with Gasteiger partial charge in [-0.05, 0) is 49.0 Å². The number of carbonyl (C=O) groups is 4. The standard InChI is InChI=1S/C27H31N3O5/c1-17(2)24(26(33)28-20-12-7-9-18(3)23(20)27(34)35)29-25(32)21-13-8-16-30(21)22(31)15-14-19-10-5-4-6-11-19/h4-7,9-12,14-15,17,21,24H,8,13,16H2,1-3H3,(H,28,33)(H,29,32)(H,34,35)/t21-,24-/m0/s1. The molecule has 1 fully saturated rings. The van der Waals surface area contributed by atoms with E-state index in [1.807, 2.05) is 30.3 Å². The van der Waals surface area contributed by atoms with Crippen molar-refractivity contribution in [2.45, 2.75) is 45.7 Å². The Labute approximate surface area is 205 Å². The molecule has 3 N–H and O–H groups in total. The summed E-state index contributed by atoms with van der Waals surface area (Å²) < 4.78 is 0. The number of benzene rings is 2. The Hall–Kier alpha value is -3.94. The third-order valence-corrected chi connectivity index (χ3v) is 6.05. The van der Waals surface area contributed by atoms with E-state index in [9.17, 15) is 24.3 Å². The molecule has 0 aromatic heterocycles. The van der Waals surface area contributed by atoms with Gasteiger partial charge in [0.1, 0.15) is 12.1 Å². The summed E-state index contributed by atoms with van der Waals surface area (Å²) in [6.07, 6.45) is 4.36. The SMILES string of the molecule is Cc1cccc(NC(=O)[C@@H](NC(=O)[C@@H]2CCCN2C(=O)C=Cc2ccccc2)C(C)C)c1C(=O)O. The normalized spacial score (nSPS) is 16.3. The van der Waals surface area contributed by atoms with Crippen LogP contribution in [0.1, 0.15) is 48.2 Å². The molecule has 0 spiro atoms. The molecule has 1 aliphatic rings. The zero-order valence-electron chi connectivity index (χ0n) is 20.2. The molecule has 3 rings (SSSR count). The number of amides is 3. The number of hydrogen-bond donors (Lipinski definition) is 3. The van der Waals surface area contributed by atoms with Gasteiger partial charge < -0.3 is 20.6 Å². The van der Waals surface area contributed by atoms with Crippen molar-refractivity contribution in [2.24, 2.45) is 5.92 Å². The van der Waals surface area contributed by atoms with Crippen molar-refractivity contribution in [3.63, 3.8) is 0 Å². The van der Waals surface area contributed by atoms with Gasteiger partial charge in [0.25, 0.3) is 0 Å². The summed E-state index contributed by atoms with van der Waals surface area (Å²) in [6, 6.07) is 12.7. The molecule has 2 atom stereocenters.